The summed E-state index contributed by atoms with van der Waals surface area (Å²) in [6.07, 6.45) is 3.74. The average Bonchev–Trinajstić information content (AvgIpc) is 3.54. The summed E-state index contributed by atoms with van der Waals surface area (Å²) in [6.45, 7) is 8.40. The Morgan fingerprint density at radius 1 is 1.08 bits per heavy atom. The van der Waals surface area contributed by atoms with E-state index in [1.807, 2.05) is 12.3 Å². The fourth-order valence-electron chi connectivity index (χ4n) is 4.96. The van der Waals surface area contributed by atoms with Crippen LogP contribution in [0.2, 0.25) is 0 Å². The second kappa shape index (κ2) is 9.82. The molecule has 0 unspecified atom stereocenters. The van der Waals surface area contributed by atoms with Gasteiger partial charge < -0.3 is 23.9 Å². The molecule has 188 valence electrons. The lowest BCUT2D eigenvalue weighted by Crippen LogP contribution is -2.26. The van der Waals surface area contributed by atoms with Crippen LogP contribution in [0.4, 0.5) is 0 Å². The van der Waals surface area contributed by atoms with E-state index in [1.165, 1.54) is 11.1 Å². The molecule has 5 rings (SSSR count). The largest absolute Gasteiger partial charge is 0.496 e. The Kier molecular flexibility index (Phi) is 6.58. The Morgan fingerprint density at radius 2 is 1.89 bits per heavy atom. The molecule has 0 bridgehead atoms. The summed E-state index contributed by atoms with van der Waals surface area (Å²) in [5.41, 5.74) is 8.37. The van der Waals surface area contributed by atoms with Gasteiger partial charge in [-0.3, -0.25) is 0 Å². The summed E-state index contributed by atoms with van der Waals surface area (Å²) in [5.74, 6) is 3.09. The van der Waals surface area contributed by atoms with Gasteiger partial charge in [0, 0.05) is 31.0 Å². The summed E-state index contributed by atoms with van der Waals surface area (Å²) in [4.78, 5) is 10.4. The number of aryl methyl sites for hydroxylation is 1. The van der Waals surface area contributed by atoms with E-state index in [0.717, 1.165) is 59.6 Å². The van der Waals surface area contributed by atoms with E-state index in [2.05, 4.69) is 72.1 Å². The highest BCUT2D eigenvalue weighted by molar-refractivity contribution is 5.91. The number of fused-ring (bicyclic) bond motifs is 1. The van der Waals surface area contributed by atoms with Crippen molar-refractivity contribution in [1.82, 2.24) is 20.0 Å². The molecule has 0 radical (unpaired) electrons. The summed E-state index contributed by atoms with van der Waals surface area (Å²) in [6, 6.07) is 10.7. The van der Waals surface area contributed by atoms with Crippen molar-refractivity contribution < 1.29 is 14.0 Å². The molecular formula is C29H34N4O3. The van der Waals surface area contributed by atoms with Crippen molar-refractivity contribution in [3.63, 3.8) is 0 Å². The van der Waals surface area contributed by atoms with E-state index in [9.17, 15) is 0 Å². The maximum atomic E-state index is 6.11. The summed E-state index contributed by atoms with van der Waals surface area (Å²) in [5, 5.41) is 4.54. The van der Waals surface area contributed by atoms with Crippen LogP contribution < -0.4 is 9.47 Å². The molecule has 0 aliphatic carbocycles. The van der Waals surface area contributed by atoms with Crippen molar-refractivity contribution >= 4 is 0 Å². The van der Waals surface area contributed by atoms with Crippen LogP contribution in [0.3, 0.4) is 0 Å². The normalized spacial score (nSPS) is 13.8. The molecule has 0 atom stereocenters. The first kappa shape index (κ1) is 24.1. The molecule has 1 aliphatic rings. The molecule has 0 spiro atoms. The maximum Gasteiger partial charge on any atom is 0.179 e. The Hall–Kier alpha value is -3.58. The number of aromatic nitrogens is 3. The lowest BCUT2D eigenvalue weighted by molar-refractivity contribution is 0.313. The quantitative estimate of drug-likeness (QED) is 0.341. The van der Waals surface area contributed by atoms with E-state index in [-0.39, 0.29) is 5.92 Å². The molecule has 2 aromatic carbocycles. The fourth-order valence-corrected chi connectivity index (χ4v) is 4.96. The zero-order valence-corrected chi connectivity index (χ0v) is 21.9. The first-order chi connectivity index (χ1) is 17.4. The topological polar surface area (TPSA) is 76.4 Å². The maximum absolute atomic E-state index is 6.11. The molecule has 1 aliphatic heterocycles. The predicted octanol–water partition coefficient (Wildman–Crippen LogP) is 6.09. The highest BCUT2D eigenvalue weighted by atomic mass is 16.5. The molecule has 0 amide bonds. The third-order valence-electron chi connectivity index (χ3n) is 7.04. The van der Waals surface area contributed by atoms with Crippen molar-refractivity contribution in [2.24, 2.45) is 0 Å². The number of likely N-dealkylation sites (N-methyl/N-ethyl adjacent to an activating group) is 1. The van der Waals surface area contributed by atoms with E-state index >= 15 is 0 Å². The van der Waals surface area contributed by atoms with Crippen LogP contribution in [0, 0.1) is 0 Å². The molecule has 1 N–H and O–H groups in total. The van der Waals surface area contributed by atoms with Crippen LogP contribution in [0.15, 0.2) is 41.1 Å². The lowest BCUT2D eigenvalue weighted by Gasteiger charge is -2.25. The Bertz CT molecular complexity index is 1390. The second-order valence-corrected chi connectivity index (χ2v) is 9.77. The van der Waals surface area contributed by atoms with E-state index in [1.54, 1.807) is 14.2 Å². The zero-order chi connectivity index (χ0) is 25.4. The number of rotatable bonds is 7. The summed E-state index contributed by atoms with van der Waals surface area (Å²) >= 11 is 0. The van der Waals surface area contributed by atoms with Crippen LogP contribution in [0.25, 0.3) is 34.0 Å². The minimum atomic E-state index is 0.258. The Morgan fingerprint density at radius 3 is 2.58 bits per heavy atom. The first-order valence-electron chi connectivity index (χ1n) is 12.5. The van der Waals surface area contributed by atoms with Crippen LogP contribution in [0.1, 0.15) is 49.1 Å². The van der Waals surface area contributed by atoms with Gasteiger partial charge in [-0.15, -0.1) is 0 Å². The SMILES string of the molecule is CCc1cnc(-c2noc(-c3cc(C(C)C)c(OC)cc3OC)c2-c2ccc3c(c2)CCN(C)C3)[nH]1. The van der Waals surface area contributed by atoms with Crippen LogP contribution in [-0.2, 0) is 19.4 Å². The molecule has 7 heteroatoms. The summed E-state index contributed by atoms with van der Waals surface area (Å²) < 4.78 is 17.6. The molecule has 0 fully saturated rings. The summed E-state index contributed by atoms with van der Waals surface area (Å²) in [7, 11) is 5.52. The van der Waals surface area contributed by atoms with E-state index in [0.29, 0.717) is 23.0 Å². The molecule has 0 saturated heterocycles. The van der Waals surface area contributed by atoms with Gasteiger partial charge in [0.05, 0.1) is 25.3 Å². The van der Waals surface area contributed by atoms with Gasteiger partial charge >= 0.3 is 0 Å². The number of aromatic amines is 1. The van der Waals surface area contributed by atoms with E-state index in [4.69, 9.17) is 14.0 Å². The zero-order valence-electron chi connectivity index (χ0n) is 21.9. The van der Waals surface area contributed by atoms with E-state index < -0.39 is 0 Å². The van der Waals surface area contributed by atoms with Gasteiger partial charge in [0.15, 0.2) is 17.3 Å². The molecule has 3 heterocycles. The van der Waals surface area contributed by atoms with Crippen LogP contribution >= 0.6 is 0 Å². The lowest BCUT2D eigenvalue weighted by atomic mass is 9.91. The third kappa shape index (κ3) is 4.28. The molecule has 0 saturated carbocycles. The smallest absolute Gasteiger partial charge is 0.179 e. The van der Waals surface area contributed by atoms with Crippen LogP contribution in [0.5, 0.6) is 11.5 Å². The number of hydrogen-bond donors (Lipinski definition) is 1. The molecular weight excluding hydrogens is 452 g/mol. The number of methoxy groups -OCH3 is 2. The third-order valence-corrected chi connectivity index (χ3v) is 7.04. The monoisotopic (exact) mass is 486 g/mol. The minimum absolute atomic E-state index is 0.258. The van der Waals surface area contributed by atoms with Crippen molar-refractivity contribution in [3.8, 4) is 45.5 Å². The second-order valence-electron chi connectivity index (χ2n) is 9.77. The van der Waals surface area contributed by atoms with Gasteiger partial charge in [-0.25, -0.2) is 4.98 Å². The van der Waals surface area contributed by atoms with Gasteiger partial charge in [0.1, 0.15) is 11.5 Å². The Balaban J connectivity index is 1.75. The molecule has 4 aromatic rings. The van der Waals surface area contributed by atoms with Gasteiger partial charge in [-0.1, -0.05) is 44.1 Å². The Labute approximate surface area is 212 Å². The molecule has 7 nitrogen and oxygen atoms in total. The number of imidazole rings is 1. The van der Waals surface area contributed by atoms with Crippen molar-refractivity contribution in [2.45, 2.75) is 46.1 Å². The van der Waals surface area contributed by atoms with Gasteiger partial charge in [0.25, 0.3) is 0 Å². The van der Waals surface area contributed by atoms with Gasteiger partial charge in [-0.05, 0) is 54.1 Å². The predicted molar refractivity (Wildman–Crippen MR) is 142 cm³/mol. The van der Waals surface area contributed by atoms with Crippen molar-refractivity contribution in [3.05, 3.63) is 58.9 Å². The van der Waals surface area contributed by atoms with Crippen molar-refractivity contribution in [2.75, 3.05) is 27.8 Å². The minimum Gasteiger partial charge on any atom is -0.496 e. The fraction of sp³-hybridized carbons (Fsp3) is 0.379. The highest BCUT2D eigenvalue weighted by Crippen LogP contribution is 2.46. The van der Waals surface area contributed by atoms with Crippen molar-refractivity contribution in [1.29, 1.82) is 0 Å². The number of nitrogens with one attached hydrogen (secondary N) is 1. The first-order valence-corrected chi connectivity index (χ1v) is 12.5. The number of benzene rings is 2. The highest BCUT2D eigenvalue weighted by Gasteiger charge is 2.27. The van der Waals surface area contributed by atoms with Crippen LogP contribution in [-0.4, -0.2) is 47.8 Å². The number of nitrogens with zero attached hydrogens (tertiary/aromatic N) is 3. The van der Waals surface area contributed by atoms with Gasteiger partial charge in [0.2, 0.25) is 0 Å². The standard InChI is InChI=1S/C29H34N4O3/c1-7-21-15-30-29(31-21)27-26(19-8-9-20-16-33(4)11-10-18(20)12-19)28(36-32-27)23-13-22(17(2)3)24(34-5)14-25(23)35-6/h8-9,12-15,17H,7,10-11,16H2,1-6H3,(H,30,31). The van der Waals surface area contributed by atoms with Gasteiger partial charge in [-0.2, -0.15) is 0 Å². The number of H-pyrrole nitrogens is 1. The number of hydrogen-bond acceptors (Lipinski definition) is 6. The molecule has 2 aromatic heterocycles. The average molecular weight is 487 g/mol. The molecule has 36 heavy (non-hydrogen) atoms. The number of ether oxygens (including phenoxy) is 2.